The first-order valence-corrected chi connectivity index (χ1v) is 5.47. The van der Waals surface area contributed by atoms with Crippen molar-refractivity contribution in [2.45, 2.75) is 0 Å². The predicted molar refractivity (Wildman–Crippen MR) is 68.2 cm³/mol. The highest BCUT2D eigenvalue weighted by molar-refractivity contribution is 5.75. The number of nitrogens with zero attached hydrogens (tertiary/aromatic N) is 1. The number of nitrogens with one attached hydrogen (secondary N) is 1. The van der Waals surface area contributed by atoms with Crippen molar-refractivity contribution in [3.05, 3.63) is 28.3 Å². The van der Waals surface area contributed by atoms with E-state index in [-0.39, 0.29) is 18.9 Å². The fourth-order valence-corrected chi connectivity index (χ4v) is 1.37. The maximum Gasteiger partial charge on any atom is 0.292 e. The summed E-state index contributed by atoms with van der Waals surface area (Å²) >= 11 is 0. The van der Waals surface area contributed by atoms with Gasteiger partial charge in [-0.1, -0.05) is 0 Å². The molecule has 0 atom stereocenters. The van der Waals surface area contributed by atoms with Gasteiger partial charge in [-0.3, -0.25) is 14.9 Å². The van der Waals surface area contributed by atoms with Gasteiger partial charge in [-0.2, -0.15) is 0 Å². The van der Waals surface area contributed by atoms with Gasteiger partial charge in [0.15, 0.2) is 0 Å². The number of anilines is 1. The highest BCUT2D eigenvalue weighted by Crippen LogP contribution is 2.28. The van der Waals surface area contributed by atoms with Gasteiger partial charge in [-0.05, 0) is 6.07 Å². The Balaban J connectivity index is 2.59. The van der Waals surface area contributed by atoms with Gasteiger partial charge in [0.05, 0.1) is 18.6 Å². The summed E-state index contributed by atoms with van der Waals surface area (Å²) in [5.41, 5.74) is 5.16. The third-order valence-corrected chi connectivity index (χ3v) is 2.21. The maximum absolute atomic E-state index is 10.8. The minimum atomic E-state index is -0.563. The van der Waals surface area contributed by atoms with Gasteiger partial charge < -0.3 is 20.5 Å². The van der Waals surface area contributed by atoms with Crippen LogP contribution in [0.3, 0.4) is 0 Å². The smallest absolute Gasteiger partial charge is 0.292 e. The average Bonchev–Trinajstić information content (AvgIpc) is 2.37. The normalized spacial score (nSPS) is 9.95. The molecule has 1 aromatic carbocycles. The first-order chi connectivity index (χ1) is 9.04. The molecule has 0 bridgehead atoms. The average molecular weight is 269 g/mol. The van der Waals surface area contributed by atoms with Gasteiger partial charge in [0.25, 0.3) is 5.69 Å². The molecule has 0 fully saturated rings. The molecule has 1 aromatic rings. The number of carbonyl (C=O) groups excluding carboxylic acids is 1. The largest absolute Gasteiger partial charge is 0.497 e. The lowest BCUT2D eigenvalue weighted by Gasteiger charge is -2.08. The first kappa shape index (κ1) is 14.7. The fourth-order valence-electron chi connectivity index (χ4n) is 1.37. The van der Waals surface area contributed by atoms with Crippen LogP contribution in [0.15, 0.2) is 18.2 Å². The van der Waals surface area contributed by atoms with Crippen LogP contribution in [0.25, 0.3) is 0 Å². The molecular formula is C11H15N3O5. The summed E-state index contributed by atoms with van der Waals surface area (Å²) in [5.74, 6) is -0.0569. The molecule has 0 heterocycles. The van der Waals surface area contributed by atoms with Crippen LogP contribution in [0.1, 0.15) is 0 Å². The molecule has 0 unspecified atom stereocenters. The van der Waals surface area contributed by atoms with Crippen LogP contribution in [0.2, 0.25) is 0 Å². The molecule has 1 amide bonds. The highest BCUT2D eigenvalue weighted by Gasteiger charge is 2.13. The van der Waals surface area contributed by atoms with E-state index in [1.54, 1.807) is 0 Å². The second kappa shape index (κ2) is 7.17. The van der Waals surface area contributed by atoms with Crippen LogP contribution in [0.5, 0.6) is 5.75 Å². The Hall–Kier alpha value is -2.35. The zero-order valence-corrected chi connectivity index (χ0v) is 10.4. The summed E-state index contributed by atoms with van der Waals surface area (Å²) < 4.78 is 9.93. The minimum absolute atomic E-state index is 0.0595. The number of rotatable bonds is 8. The number of primary amides is 1. The van der Waals surface area contributed by atoms with E-state index in [1.807, 2.05) is 0 Å². The molecule has 8 heteroatoms. The molecule has 0 aliphatic rings. The molecule has 0 saturated heterocycles. The Bertz CT molecular complexity index is 464. The number of methoxy groups -OCH3 is 1. The standard InChI is InChI=1S/C11H15N3O5/c1-18-8-2-3-10(14(16)17)9(6-8)13-4-5-19-7-11(12)15/h2-3,6,13H,4-5,7H2,1H3,(H2,12,15). The van der Waals surface area contributed by atoms with Gasteiger partial charge in [0.2, 0.25) is 5.91 Å². The zero-order valence-electron chi connectivity index (χ0n) is 10.4. The van der Waals surface area contributed by atoms with Crippen molar-refractivity contribution in [2.24, 2.45) is 5.73 Å². The number of ether oxygens (including phenoxy) is 2. The van der Waals surface area contributed by atoms with Crippen LogP contribution in [-0.4, -0.2) is 37.7 Å². The van der Waals surface area contributed by atoms with E-state index in [1.165, 1.54) is 25.3 Å². The molecule has 8 nitrogen and oxygen atoms in total. The Morgan fingerprint density at radius 2 is 2.26 bits per heavy atom. The highest BCUT2D eigenvalue weighted by atomic mass is 16.6. The number of carbonyl (C=O) groups is 1. The third kappa shape index (κ3) is 4.80. The van der Waals surface area contributed by atoms with Crippen molar-refractivity contribution in [3.8, 4) is 5.75 Å². The number of benzene rings is 1. The molecule has 0 aliphatic heterocycles. The lowest BCUT2D eigenvalue weighted by atomic mass is 10.2. The second-order valence-corrected chi connectivity index (χ2v) is 3.59. The van der Waals surface area contributed by atoms with Gasteiger partial charge in [0.1, 0.15) is 18.0 Å². The number of nitrogens with two attached hydrogens (primary N) is 1. The third-order valence-electron chi connectivity index (χ3n) is 2.21. The number of nitro benzene ring substituents is 1. The van der Waals surface area contributed by atoms with Gasteiger partial charge in [-0.25, -0.2) is 0 Å². The summed E-state index contributed by atoms with van der Waals surface area (Å²) in [6, 6.07) is 4.38. The van der Waals surface area contributed by atoms with Crippen molar-refractivity contribution >= 4 is 17.3 Å². The van der Waals surface area contributed by atoms with Crippen LogP contribution in [-0.2, 0) is 9.53 Å². The van der Waals surface area contributed by atoms with Crippen LogP contribution >= 0.6 is 0 Å². The zero-order chi connectivity index (χ0) is 14.3. The summed E-state index contributed by atoms with van der Waals surface area (Å²) in [7, 11) is 1.47. The number of nitro groups is 1. The summed E-state index contributed by atoms with van der Waals surface area (Å²) in [6.45, 7) is 0.334. The molecule has 0 aliphatic carbocycles. The van der Waals surface area contributed by atoms with Crippen molar-refractivity contribution < 1.29 is 19.2 Å². The quantitative estimate of drug-likeness (QED) is 0.403. The summed E-state index contributed by atoms with van der Waals surface area (Å²) in [5, 5.41) is 13.7. The van der Waals surface area contributed by atoms with Crippen LogP contribution in [0.4, 0.5) is 11.4 Å². The van der Waals surface area contributed by atoms with Gasteiger partial charge in [0, 0.05) is 18.7 Å². The van der Waals surface area contributed by atoms with E-state index >= 15 is 0 Å². The topological polar surface area (TPSA) is 117 Å². The fraction of sp³-hybridized carbons (Fsp3) is 0.364. The van der Waals surface area contributed by atoms with E-state index in [9.17, 15) is 14.9 Å². The van der Waals surface area contributed by atoms with Crippen LogP contribution < -0.4 is 15.8 Å². The summed E-state index contributed by atoms with van der Waals surface area (Å²) in [6.07, 6.45) is 0. The molecule has 0 saturated carbocycles. The number of hydrogen-bond donors (Lipinski definition) is 2. The molecule has 19 heavy (non-hydrogen) atoms. The summed E-state index contributed by atoms with van der Waals surface area (Å²) in [4.78, 5) is 20.8. The monoisotopic (exact) mass is 269 g/mol. The van der Waals surface area contributed by atoms with E-state index in [0.717, 1.165) is 0 Å². The lowest BCUT2D eigenvalue weighted by molar-refractivity contribution is -0.384. The van der Waals surface area contributed by atoms with Gasteiger partial charge >= 0.3 is 0 Å². The van der Waals surface area contributed by atoms with E-state index in [2.05, 4.69) is 5.32 Å². The Morgan fingerprint density at radius 3 is 2.84 bits per heavy atom. The van der Waals surface area contributed by atoms with E-state index in [4.69, 9.17) is 15.2 Å². The van der Waals surface area contributed by atoms with Gasteiger partial charge in [-0.15, -0.1) is 0 Å². The maximum atomic E-state index is 10.8. The predicted octanol–water partition coefficient (Wildman–Crippen LogP) is 0.517. The van der Waals surface area contributed by atoms with E-state index < -0.39 is 10.8 Å². The van der Waals surface area contributed by atoms with Crippen LogP contribution in [0, 0.1) is 10.1 Å². The van der Waals surface area contributed by atoms with Crippen molar-refractivity contribution in [3.63, 3.8) is 0 Å². The Morgan fingerprint density at radius 1 is 1.53 bits per heavy atom. The minimum Gasteiger partial charge on any atom is -0.497 e. The van der Waals surface area contributed by atoms with E-state index in [0.29, 0.717) is 18.0 Å². The molecule has 0 aromatic heterocycles. The molecule has 0 spiro atoms. The van der Waals surface area contributed by atoms with Crippen molar-refractivity contribution in [1.82, 2.24) is 0 Å². The first-order valence-electron chi connectivity index (χ1n) is 5.47. The lowest BCUT2D eigenvalue weighted by Crippen LogP contribution is -2.20. The molecule has 3 N–H and O–H groups in total. The van der Waals surface area contributed by atoms with Crippen molar-refractivity contribution in [2.75, 3.05) is 32.2 Å². The molecule has 1 rings (SSSR count). The number of amides is 1. The molecular weight excluding hydrogens is 254 g/mol. The Labute approximate surface area is 109 Å². The Kier molecular flexibility index (Phi) is 5.55. The second-order valence-electron chi connectivity index (χ2n) is 3.59. The molecule has 104 valence electrons. The van der Waals surface area contributed by atoms with Crippen molar-refractivity contribution in [1.29, 1.82) is 0 Å². The SMILES string of the molecule is COc1ccc([N+](=O)[O-])c(NCCOCC(N)=O)c1. The molecule has 0 radical (unpaired) electrons. The number of hydrogen-bond acceptors (Lipinski definition) is 6.